The zero-order chi connectivity index (χ0) is 7.98. The van der Waals surface area contributed by atoms with Crippen LogP contribution in [0.5, 0.6) is 0 Å². The second kappa shape index (κ2) is 5.88. The quantitative estimate of drug-likeness (QED) is 0.391. The van der Waals surface area contributed by atoms with Crippen LogP contribution < -0.4 is 0 Å². The molecule has 0 aromatic heterocycles. The smallest absolute Gasteiger partial charge is 0.231 e. The third-order valence-corrected chi connectivity index (χ3v) is 3.33. The van der Waals surface area contributed by atoms with E-state index in [0.29, 0.717) is 9.47 Å². The van der Waals surface area contributed by atoms with Crippen molar-refractivity contribution in [2.75, 3.05) is 14.2 Å². The van der Waals surface area contributed by atoms with Crippen LogP contribution in [0, 0.1) is 0 Å². The molecule has 0 aromatic carbocycles. The average Bonchev–Trinajstić information content (AvgIpc) is 1.99. The Kier molecular flexibility index (Phi) is 5.96. The summed E-state index contributed by atoms with van der Waals surface area (Å²) in [5.41, 5.74) is 0. The molecule has 0 rings (SSSR count). The molecule has 58 valence electrons. The van der Waals surface area contributed by atoms with Crippen LogP contribution >= 0.6 is 33.8 Å². The van der Waals surface area contributed by atoms with Crippen LogP contribution in [-0.2, 0) is 9.47 Å². The Morgan fingerprint density at radius 2 is 1.90 bits per heavy atom. The van der Waals surface area contributed by atoms with Crippen LogP contribution in [0.2, 0.25) is 0 Å². The normalized spacial score (nSPS) is 8.60. The fraction of sp³-hybridized carbons (Fsp3) is 0.400. The van der Waals surface area contributed by atoms with Crippen molar-refractivity contribution >= 4 is 38.2 Å². The van der Waals surface area contributed by atoms with Crippen molar-refractivity contribution in [3.8, 4) is 0 Å². The lowest BCUT2D eigenvalue weighted by Crippen LogP contribution is -1.86. The number of rotatable bonds is 3. The first-order valence-corrected chi connectivity index (χ1v) is 4.92. The van der Waals surface area contributed by atoms with Crippen molar-refractivity contribution < 1.29 is 9.47 Å². The lowest BCUT2D eigenvalue weighted by molar-refractivity contribution is 0.327. The highest BCUT2D eigenvalue weighted by atomic mass is 33.1. The lowest BCUT2D eigenvalue weighted by Gasteiger charge is -2.01. The summed E-state index contributed by atoms with van der Waals surface area (Å²) in [6.07, 6.45) is 0. The molecule has 0 fully saturated rings. The Morgan fingerprint density at radius 1 is 1.30 bits per heavy atom. The van der Waals surface area contributed by atoms with Crippen LogP contribution in [-0.4, -0.2) is 18.6 Å². The summed E-state index contributed by atoms with van der Waals surface area (Å²) in [6.45, 7) is 3.58. The predicted octanol–water partition coefficient (Wildman–Crippen LogP) is 2.42. The Morgan fingerprint density at radius 3 is 2.30 bits per heavy atom. The van der Waals surface area contributed by atoms with E-state index in [0.717, 1.165) is 0 Å². The fourth-order valence-electron chi connectivity index (χ4n) is 0.149. The molecule has 0 amide bonds. The zero-order valence-corrected chi connectivity index (χ0v) is 8.20. The van der Waals surface area contributed by atoms with Gasteiger partial charge in [0.15, 0.2) is 5.09 Å². The molecular formula is C5H8O2S3. The SMILES string of the molecule is C=C(OC)SSC(=S)OC. The van der Waals surface area contributed by atoms with Crippen molar-refractivity contribution in [3.05, 3.63) is 11.7 Å². The Balaban J connectivity index is 3.35. The van der Waals surface area contributed by atoms with Gasteiger partial charge in [-0.1, -0.05) is 0 Å². The molecule has 0 bridgehead atoms. The molecule has 5 heteroatoms. The Labute approximate surface area is 73.7 Å². The van der Waals surface area contributed by atoms with Gasteiger partial charge in [0, 0.05) is 10.8 Å². The van der Waals surface area contributed by atoms with E-state index >= 15 is 0 Å². The maximum Gasteiger partial charge on any atom is 0.231 e. The molecule has 0 aromatic rings. The molecule has 0 N–H and O–H groups in total. The molecule has 0 radical (unpaired) electrons. The van der Waals surface area contributed by atoms with Crippen molar-refractivity contribution in [2.24, 2.45) is 0 Å². The van der Waals surface area contributed by atoms with Crippen molar-refractivity contribution in [2.45, 2.75) is 0 Å². The maximum absolute atomic E-state index is 4.78. The van der Waals surface area contributed by atoms with E-state index in [1.807, 2.05) is 0 Å². The minimum atomic E-state index is 0.475. The van der Waals surface area contributed by atoms with E-state index in [2.05, 4.69) is 6.58 Å². The first-order valence-electron chi connectivity index (χ1n) is 2.36. The van der Waals surface area contributed by atoms with E-state index in [4.69, 9.17) is 21.7 Å². The topological polar surface area (TPSA) is 18.5 Å². The maximum atomic E-state index is 4.78. The highest BCUT2D eigenvalue weighted by molar-refractivity contribution is 8.84. The van der Waals surface area contributed by atoms with Gasteiger partial charge in [-0.05, 0) is 29.6 Å². The van der Waals surface area contributed by atoms with Crippen LogP contribution in [0.4, 0.5) is 0 Å². The number of hydrogen-bond acceptors (Lipinski definition) is 5. The van der Waals surface area contributed by atoms with Gasteiger partial charge in [0.2, 0.25) is 4.38 Å². The van der Waals surface area contributed by atoms with Gasteiger partial charge < -0.3 is 9.47 Å². The van der Waals surface area contributed by atoms with Gasteiger partial charge in [0.25, 0.3) is 0 Å². The summed E-state index contributed by atoms with van der Waals surface area (Å²) in [7, 11) is 5.75. The summed E-state index contributed by atoms with van der Waals surface area (Å²) in [4.78, 5) is 0. The number of hydrogen-bond donors (Lipinski definition) is 0. The second-order valence-electron chi connectivity index (χ2n) is 1.20. The molecule has 0 aliphatic carbocycles. The van der Waals surface area contributed by atoms with E-state index in [9.17, 15) is 0 Å². The summed E-state index contributed by atoms with van der Waals surface area (Å²) in [6, 6.07) is 0. The zero-order valence-electron chi connectivity index (χ0n) is 5.75. The molecule has 10 heavy (non-hydrogen) atoms. The third-order valence-electron chi connectivity index (χ3n) is 0.597. The van der Waals surface area contributed by atoms with Gasteiger partial charge in [-0.25, -0.2) is 0 Å². The largest absolute Gasteiger partial charge is 0.490 e. The molecule has 0 atom stereocenters. The molecule has 0 aliphatic rings. The van der Waals surface area contributed by atoms with Gasteiger partial charge in [-0.2, -0.15) is 0 Å². The minimum Gasteiger partial charge on any atom is -0.490 e. The molecule has 0 spiro atoms. The second-order valence-corrected chi connectivity index (χ2v) is 3.99. The Hall–Kier alpha value is 0.130. The van der Waals surface area contributed by atoms with Crippen molar-refractivity contribution in [1.82, 2.24) is 0 Å². The summed E-state index contributed by atoms with van der Waals surface area (Å²) < 4.78 is 9.97. The summed E-state index contributed by atoms with van der Waals surface area (Å²) in [5, 5.41) is 0.615. The molecule has 0 unspecified atom stereocenters. The number of ether oxygens (including phenoxy) is 2. The average molecular weight is 196 g/mol. The predicted molar refractivity (Wildman–Crippen MR) is 50.9 cm³/mol. The van der Waals surface area contributed by atoms with E-state index in [-0.39, 0.29) is 0 Å². The third kappa shape index (κ3) is 4.96. The van der Waals surface area contributed by atoms with Crippen molar-refractivity contribution in [1.29, 1.82) is 0 Å². The number of thiocarbonyl (C=S) groups is 1. The molecule has 0 aliphatic heterocycles. The van der Waals surface area contributed by atoms with Gasteiger partial charge >= 0.3 is 0 Å². The van der Waals surface area contributed by atoms with Crippen LogP contribution in [0.25, 0.3) is 0 Å². The monoisotopic (exact) mass is 196 g/mol. The summed E-state index contributed by atoms with van der Waals surface area (Å²) >= 11 is 4.74. The van der Waals surface area contributed by atoms with Crippen molar-refractivity contribution in [3.63, 3.8) is 0 Å². The molecule has 0 heterocycles. The van der Waals surface area contributed by atoms with E-state index in [1.165, 1.54) is 28.7 Å². The molecule has 0 saturated heterocycles. The van der Waals surface area contributed by atoms with Gasteiger partial charge in [-0.3, -0.25) is 0 Å². The van der Waals surface area contributed by atoms with Gasteiger partial charge in [0.1, 0.15) is 0 Å². The van der Waals surface area contributed by atoms with E-state index < -0.39 is 0 Å². The Bertz CT molecular complexity index is 119. The standard InChI is InChI=1S/C5H8O2S3/c1-4(6-2)9-10-5(8)7-3/h1H2,2-3H3. The minimum absolute atomic E-state index is 0.475. The van der Waals surface area contributed by atoms with Crippen LogP contribution in [0.1, 0.15) is 0 Å². The fourth-order valence-corrected chi connectivity index (χ4v) is 1.64. The first kappa shape index (κ1) is 10.1. The van der Waals surface area contributed by atoms with E-state index in [1.54, 1.807) is 7.11 Å². The van der Waals surface area contributed by atoms with Gasteiger partial charge in [0.05, 0.1) is 14.2 Å². The van der Waals surface area contributed by atoms with Crippen LogP contribution in [0.15, 0.2) is 11.7 Å². The highest BCUT2D eigenvalue weighted by Crippen LogP contribution is 2.30. The summed E-state index contributed by atoms with van der Waals surface area (Å²) in [5.74, 6) is 0. The number of methoxy groups -OCH3 is 2. The molecule has 0 saturated carbocycles. The highest BCUT2D eigenvalue weighted by Gasteiger charge is 1.98. The first-order chi connectivity index (χ1) is 4.70. The lowest BCUT2D eigenvalue weighted by atomic mass is 11.1. The molecule has 2 nitrogen and oxygen atoms in total. The van der Waals surface area contributed by atoms with Crippen LogP contribution in [0.3, 0.4) is 0 Å². The van der Waals surface area contributed by atoms with Gasteiger partial charge in [-0.15, -0.1) is 0 Å². The molecular weight excluding hydrogens is 188 g/mol.